The van der Waals surface area contributed by atoms with Crippen LogP contribution in [0.15, 0.2) is 9.81 Å². The van der Waals surface area contributed by atoms with Crippen LogP contribution in [0, 0.1) is 0 Å². The van der Waals surface area contributed by atoms with Crippen LogP contribution in [0.2, 0.25) is 0 Å². The molecule has 76 valence electrons. The zero-order valence-corrected chi connectivity index (χ0v) is 9.20. The van der Waals surface area contributed by atoms with Crippen molar-refractivity contribution in [2.75, 3.05) is 11.5 Å². The highest BCUT2D eigenvalue weighted by molar-refractivity contribution is 8.02. The van der Waals surface area contributed by atoms with E-state index in [1.165, 1.54) is 6.92 Å². The van der Waals surface area contributed by atoms with E-state index in [4.69, 9.17) is 0 Å². The van der Waals surface area contributed by atoms with Crippen molar-refractivity contribution in [2.45, 2.75) is 20.3 Å². The summed E-state index contributed by atoms with van der Waals surface area (Å²) in [5.41, 5.74) is 0. The third-order valence-corrected chi connectivity index (χ3v) is 6.57. The molecule has 4 nitrogen and oxygen atoms in total. The van der Waals surface area contributed by atoms with Gasteiger partial charge in [-0.25, -0.2) is 16.8 Å². The van der Waals surface area contributed by atoms with Crippen molar-refractivity contribution in [3.8, 4) is 0 Å². The molecule has 0 bridgehead atoms. The number of rotatable bonds is 1. The summed E-state index contributed by atoms with van der Waals surface area (Å²) < 4.78 is 45.4. The van der Waals surface area contributed by atoms with Crippen LogP contribution in [0.4, 0.5) is 0 Å². The van der Waals surface area contributed by atoms with Gasteiger partial charge in [0.05, 0.1) is 21.3 Å². The van der Waals surface area contributed by atoms with Crippen molar-refractivity contribution in [3.63, 3.8) is 0 Å². The molecule has 0 N–H and O–H groups in total. The highest BCUT2D eigenvalue weighted by Crippen LogP contribution is 2.26. The molecule has 0 spiro atoms. The van der Waals surface area contributed by atoms with Crippen molar-refractivity contribution in [1.82, 2.24) is 0 Å². The van der Waals surface area contributed by atoms with Gasteiger partial charge in [0.2, 0.25) is 0 Å². The summed E-state index contributed by atoms with van der Waals surface area (Å²) in [6.45, 7) is 3.02. The Kier molecular flexibility index (Phi) is 2.55. The van der Waals surface area contributed by atoms with E-state index < -0.39 is 19.7 Å². The van der Waals surface area contributed by atoms with E-state index in [1.807, 2.05) is 0 Å². The van der Waals surface area contributed by atoms with Crippen molar-refractivity contribution in [2.24, 2.45) is 0 Å². The normalized spacial score (nSPS) is 26.0. The van der Waals surface area contributed by atoms with Crippen molar-refractivity contribution in [3.05, 3.63) is 9.81 Å². The lowest BCUT2D eigenvalue weighted by atomic mass is 10.4. The highest BCUT2D eigenvalue weighted by atomic mass is 32.2. The zero-order valence-electron chi connectivity index (χ0n) is 7.57. The second-order valence-corrected chi connectivity index (χ2v) is 7.35. The van der Waals surface area contributed by atoms with Crippen molar-refractivity contribution < 1.29 is 16.8 Å². The van der Waals surface area contributed by atoms with Crippen LogP contribution in [0.5, 0.6) is 0 Å². The molecule has 0 aliphatic carbocycles. The van der Waals surface area contributed by atoms with Crippen LogP contribution in [0.1, 0.15) is 20.3 Å². The van der Waals surface area contributed by atoms with Gasteiger partial charge < -0.3 is 0 Å². The van der Waals surface area contributed by atoms with Gasteiger partial charge in [0, 0.05) is 0 Å². The van der Waals surface area contributed by atoms with Crippen LogP contribution in [0.25, 0.3) is 0 Å². The summed E-state index contributed by atoms with van der Waals surface area (Å²) in [6, 6.07) is 0. The van der Waals surface area contributed by atoms with Gasteiger partial charge in [0.25, 0.3) is 0 Å². The van der Waals surface area contributed by atoms with Crippen molar-refractivity contribution >= 4 is 19.7 Å². The molecular formula is C7H12O4S2. The number of allylic oxidation sites excluding steroid dienone is 2. The van der Waals surface area contributed by atoms with Gasteiger partial charge >= 0.3 is 0 Å². The Morgan fingerprint density at radius 2 is 1.54 bits per heavy atom. The van der Waals surface area contributed by atoms with Gasteiger partial charge in [-0.15, -0.1) is 0 Å². The SMILES string of the molecule is CCC1=C(C)S(=O)(=O)CCS1(=O)=O. The molecule has 6 heteroatoms. The van der Waals surface area contributed by atoms with Crippen LogP contribution in [-0.2, 0) is 19.7 Å². The fourth-order valence-corrected chi connectivity index (χ4v) is 5.80. The fourth-order valence-electron chi connectivity index (χ4n) is 1.36. The lowest BCUT2D eigenvalue weighted by Crippen LogP contribution is -2.26. The lowest BCUT2D eigenvalue weighted by Gasteiger charge is -2.17. The average Bonchev–Trinajstić information content (AvgIpc) is 2.00. The second kappa shape index (κ2) is 3.09. The molecule has 1 aliphatic rings. The molecule has 13 heavy (non-hydrogen) atoms. The van der Waals surface area contributed by atoms with Gasteiger partial charge in [0.1, 0.15) is 0 Å². The summed E-state index contributed by atoms with van der Waals surface area (Å²) in [4.78, 5) is 0.111. The molecule has 0 radical (unpaired) electrons. The van der Waals surface area contributed by atoms with Gasteiger partial charge in [-0.2, -0.15) is 0 Å². The Morgan fingerprint density at radius 1 is 1.08 bits per heavy atom. The van der Waals surface area contributed by atoms with E-state index >= 15 is 0 Å². The maximum Gasteiger partial charge on any atom is 0.176 e. The maximum absolute atomic E-state index is 11.4. The molecule has 1 aliphatic heterocycles. The molecule has 1 rings (SSSR count). The third-order valence-electron chi connectivity index (χ3n) is 2.18. The largest absolute Gasteiger partial charge is 0.224 e. The summed E-state index contributed by atoms with van der Waals surface area (Å²) in [6.07, 6.45) is 0.257. The van der Waals surface area contributed by atoms with E-state index in [1.54, 1.807) is 6.92 Å². The summed E-state index contributed by atoms with van der Waals surface area (Å²) >= 11 is 0. The highest BCUT2D eigenvalue weighted by Gasteiger charge is 2.32. The summed E-state index contributed by atoms with van der Waals surface area (Å²) in [7, 11) is -6.59. The van der Waals surface area contributed by atoms with E-state index in [-0.39, 0.29) is 27.7 Å². The molecule has 0 aromatic carbocycles. The van der Waals surface area contributed by atoms with Gasteiger partial charge in [-0.3, -0.25) is 0 Å². The van der Waals surface area contributed by atoms with Crippen LogP contribution < -0.4 is 0 Å². The Labute approximate surface area is 78.5 Å². The second-order valence-electron chi connectivity index (χ2n) is 2.97. The summed E-state index contributed by atoms with van der Waals surface area (Å²) in [5.74, 6) is -0.541. The minimum Gasteiger partial charge on any atom is -0.224 e. The predicted molar refractivity (Wildman–Crippen MR) is 50.6 cm³/mol. The molecular weight excluding hydrogens is 212 g/mol. The Hall–Kier alpha value is -0.360. The molecule has 1 heterocycles. The average molecular weight is 224 g/mol. The first-order valence-electron chi connectivity index (χ1n) is 3.96. The van der Waals surface area contributed by atoms with E-state index in [9.17, 15) is 16.8 Å². The number of hydrogen-bond donors (Lipinski definition) is 0. The predicted octanol–water partition coefficient (Wildman–Crippen LogP) is 0.471. The molecule has 0 fully saturated rings. The Morgan fingerprint density at radius 3 is 1.92 bits per heavy atom. The van der Waals surface area contributed by atoms with E-state index in [0.717, 1.165) is 0 Å². The minimum atomic E-state index is -3.29. The molecule has 0 aromatic heterocycles. The van der Waals surface area contributed by atoms with Gasteiger partial charge in [-0.05, 0) is 13.3 Å². The molecule has 0 saturated heterocycles. The molecule has 0 unspecified atom stereocenters. The Balaban J connectivity index is 3.49. The van der Waals surface area contributed by atoms with Crippen LogP contribution in [0.3, 0.4) is 0 Å². The van der Waals surface area contributed by atoms with Gasteiger partial charge in [0.15, 0.2) is 19.7 Å². The molecule has 0 aromatic rings. The fraction of sp³-hybridized carbons (Fsp3) is 0.714. The first-order chi connectivity index (χ1) is 5.81. The maximum atomic E-state index is 11.4. The molecule has 0 saturated carbocycles. The first-order valence-corrected chi connectivity index (χ1v) is 7.27. The minimum absolute atomic E-state index is 0.0289. The third kappa shape index (κ3) is 1.78. The first kappa shape index (κ1) is 10.7. The van der Waals surface area contributed by atoms with Crippen LogP contribution in [-0.4, -0.2) is 28.3 Å². The van der Waals surface area contributed by atoms with Crippen LogP contribution >= 0.6 is 0 Å². The van der Waals surface area contributed by atoms with E-state index in [0.29, 0.717) is 0 Å². The lowest BCUT2D eigenvalue weighted by molar-refractivity contribution is 0.588. The van der Waals surface area contributed by atoms with Crippen molar-refractivity contribution in [1.29, 1.82) is 0 Å². The van der Waals surface area contributed by atoms with Gasteiger partial charge in [-0.1, -0.05) is 6.92 Å². The van der Waals surface area contributed by atoms with E-state index in [2.05, 4.69) is 0 Å². The topological polar surface area (TPSA) is 68.3 Å². The number of hydrogen-bond acceptors (Lipinski definition) is 4. The standard InChI is InChI=1S/C7H12O4S2/c1-3-7-6(2)12(8,9)4-5-13(7,10)11/h3-5H2,1-2H3. The summed E-state index contributed by atoms with van der Waals surface area (Å²) in [5, 5.41) is 0. The molecule has 0 amide bonds. The smallest absolute Gasteiger partial charge is 0.176 e. The Bertz CT molecular complexity index is 439. The number of sulfone groups is 2. The zero-order chi connectivity index (χ0) is 10.3. The quantitative estimate of drug-likeness (QED) is 0.649. The monoisotopic (exact) mass is 224 g/mol. The molecule has 0 atom stereocenters.